The van der Waals surface area contributed by atoms with E-state index in [1.165, 1.54) is 0 Å². The molecule has 0 aliphatic rings. The number of hydrogen-bond acceptors (Lipinski definition) is 3. The molecule has 136 valence electrons. The molecule has 26 heavy (non-hydrogen) atoms. The smallest absolute Gasteiger partial charge is 0.315 e. The summed E-state index contributed by atoms with van der Waals surface area (Å²) in [6.45, 7) is 0.544. The molecule has 3 N–H and O–H groups in total. The predicted octanol–water partition coefficient (Wildman–Crippen LogP) is 2.72. The largest absolute Gasteiger partial charge is 0.497 e. The normalized spacial score (nSPS) is 12.0. The molecule has 0 aliphatic heterocycles. The van der Waals surface area contributed by atoms with Crippen molar-refractivity contribution in [2.75, 3.05) is 13.7 Å². The number of carbonyl (C=O) groups excluding carboxylic acids is 1. The molecule has 2 aromatic carbocycles. The zero-order chi connectivity index (χ0) is 18.5. The number of carbonyl (C=O) groups is 1. The number of amides is 2. The second-order valence-electron chi connectivity index (χ2n) is 6.14. The number of aromatic nitrogens is 1. The third kappa shape index (κ3) is 3.97. The second-order valence-corrected chi connectivity index (χ2v) is 6.14. The Morgan fingerprint density at radius 1 is 1.15 bits per heavy atom. The third-order valence-corrected chi connectivity index (χ3v) is 4.35. The van der Waals surface area contributed by atoms with Crippen LogP contribution in [0.4, 0.5) is 4.79 Å². The van der Waals surface area contributed by atoms with E-state index in [1.807, 2.05) is 66.3 Å². The van der Waals surface area contributed by atoms with Crippen molar-refractivity contribution in [2.45, 2.75) is 12.6 Å². The van der Waals surface area contributed by atoms with Gasteiger partial charge in [-0.1, -0.05) is 30.3 Å². The summed E-state index contributed by atoms with van der Waals surface area (Å²) in [5.74, 6) is 0.774. The summed E-state index contributed by atoms with van der Waals surface area (Å²) in [4.78, 5) is 12.0. The molecular weight excluding hydrogens is 330 g/mol. The maximum Gasteiger partial charge on any atom is 0.315 e. The Kier molecular flexibility index (Phi) is 5.43. The van der Waals surface area contributed by atoms with Crippen molar-refractivity contribution >= 4 is 16.9 Å². The van der Waals surface area contributed by atoms with E-state index in [-0.39, 0.29) is 12.6 Å². The number of hydrogen-bond donors (Lipinski definition) is 3. The van der Waals surface area contributed by atoms with Gasteiger partial charge in [0.15, 0.2) is 0 Å². The summed E-state index contributed by atoms with van der Waals surface area (Å²) in [7, 11) is 3.55. The first-order valence-electron chi connectivity index (χ1n) is 8.45. The fraction of sp³-hybridized carbons (Fsp3) is 0.250. The highest BCUT2D eigenvalue weighted by Crippen LogP contribution is 2.25. The fourth-order valence-corrected chi connectivity index (χ4v) is 2.93. The van der Waals surface area contributed by atoms with Crippen molar-refractivity contribution < 1.29 is 14.6 Å². The van der Waals surface area contributed by atoms with Gasteiger partial charge in [0, 0.05) is 42.8 Å². The molecule has 0 aliphatic carbocycles. The van der Waals surface area contributed by atoms with Gasteiger partial charge in [-0.2, -0.15) is 0 Å². The molecule has 6 nitrogen and oxygen atoms in total. The van der Waals surface area contributed by atoms with Crippen LogP contribution in [-0.2, 0) is 13.6 Å². The Bertz CT molecular complexity index is 887. The molecule has 3 rings (SSSR count). The number of para-hydroxylation sites is 1. The molecule has 0 radical (unpaired) electrons. The highest BCUT2D eigenvalue weighted by atomic mass is 16.5. The summed E-state index contributed by atoms with van der Waals surface area (Å²) in [6, 6.07) is 15.0. The highest BCUT2D eigenvalue weighted by Gasteiger charge is 2.15. The summed E-state index contributed by atoms with van der Waals surface area (Å²) < 4.78 is 7.07. The minimum absolute atomic E-state index is 0.141. The topological polar surface area (TPSA) is 75.5 Å². The standard InChI is InChI=1S/C20H23N3O3/c1-23-13-17(16-5-3-4-6-18(16)23)19(24)12-22-20(25)21-11-14-7-9-15(26-2)10-8-14/h3-10,13,19,24H,11-12H2,1-2H3,(H2,21,22,25). The van der Waals surface area contributed by atoms with Gasteiger partial charge in [-0.05, 0) is 23.8 Å². The van der Waals surface area contributed by atoms with Crippen molar-refractivity contribution in [3.05, 3.63) is 65.9 Å². The van der Waals surface area contributed by atoms with Crippen molar-refractivity contribution in [3.8, 4) is 5.75 Å². The van der Waals surface area contributed by atoms with Crippen LogP contribution in [-0.4, -0.2) is 29.4 Å². The second kappa shape index (κ2) is 7.93. The first kappa shape index (κ1) is 17.8. The van der Waals surface area contributed by atoms with E-state index < -0.39 is 6.10 Å². The van der Waals surface area contributed by atoms with Crippen LogP contribution >= 0.6 is 0 Å². The monoisotopic (exact) mass is 353 g/mol. The Morgan fingerprint density at radius 3 is 2.62 bits per heavy atom. The zero-order valence-corrected chi connectivity index (χ0v) is 14.9. The number of aryl methyl sites for hydroxylation is 1. The summed E-state index contributed by atoms with van der Waals surface area (Å²) in [6.07, 6.45) is 1.12. The van der Waals surface area contributed by atoms with Crippen molar-refractivity contribution in [2.24, 2.45) is 7.05 Å². The molecule has 1 heterocycles. The van der Waals surface area contributed by atoms with Gasteiger partial charge in [-0.25, -0.2) is 4.79 Å². The lowest BCUT2D eigenvalue weighted by molar-refractivity contribution is 0.174. The SMILES string of the molecule is COc1ccc(CNC(=O)NCC(O)c2cn(C)c3ccccc23)cc1. The quantitative estimate of drug-likeness (QED) is 0.638. The minimum atomic E-state index is -0.771. The lowest BCUT2D eigenvalue weighted by atomic mass is 10.1. The first-order chi connectivity index (χ1) is 12.6. The van der Waals surface area contributed by atoms with Crippen molar-refractivity contribution in [1.82, 2.24) is 15.2 Å². The summed E-state index contributed by atoms with van der Waals surface area (Å²) >= 11 is 0. The number of nitrogens with one attached hydrogen (secondary N) is 2. The van der Waals surface area contributed by atoms with Crippen LogP contribution < -0.4 is 15.4 Å². The van der Waals surface area contributed by atoms with Crippen molar-refractivity contribution in [3.63, 3.8) is 0 Å². The summed E-state index contributed by atoms with van der Waals surface area (Å²) in [5.41, 5.74) is 2.82. The van der Waals surface area contributed by atoms with E-state index in [2.05, 4.69) is 10.6 Å². The lowest BCUT2D eigenvalue weighted by Crippen LogP contribution is -2.37. The third-order valence-electron chi connectivity index (χ3n) is 4.35. The number of rotatable bonds is 6. The van der Waals surface area contributed by atoms with Gasteiger partial charge in [0.05, 0.1) is 13.2 Å². The predicted molar refractivity (Wildman–Crippen MR) is 101 cm³/mol. The average molecular weight is 353 g/mol. The van der Waals surface area contributed by atoms with E-state index >= 15 is 0 Å². The van der Waals surface area contributed by atoms with Gasteiger partial charge in [-0.15, -0.1) is 0 Å². The molecule has 0 spiro atoms. The average Bonchev–Trinajstić information content (AvgIpc) is 3.02. The number of benzene rings is 2. The molecule has 3 aromatic rings. The molecule has 0 saturated carbocycles. The van der Waals surface area contributed by atoms with E-state index in [9.17, 15) is 9.90 Å². The molecule has 0 fully saturated rings. The first-order valence-corrected chi connectivity index (χ1v) is 8.45. The van der Waals surface area contributed by atoms with E-state index in [0.717, 1.165) is 27.8 Å². The zero-order valence-electron chi connectivity index (χ0n) is 14.9. The molecule has 0 saturated heterocycles. The van der Waals surface area contributed by atoms with E-state index in [0.29, 0.717) is 6.54 Å². The molecule has 2 amide bonds. The Hall–Kier alpha value is -2.99. The van der Waals surface area contributed by atoms with E-state index in [1.54, 1.807) is 7.11 Å². The van der Waals surface area contributed by atoms with Crippen molar-refractivity contribution in [1.29, 1.82) is 0 Å². The molecule has 1 atom stereocenters. The minimum Gasteiger partial charge on any atom is -0.497 e. The Balaban J connectivity index is 1.53. The number of aliphatic hydroxyl groups is 1. The molecule has 0 bridgehead atoms. The van der Waals surface area contributed by atoms with Crippen LogP contribution in [0.15, 0.2) is 54.7 Å². The van der Waals surface area contributed by atoms with Crippen LogP contribution in [0, 0.1) is 0 Å². The van der Waals surface area contributed by atoms with Gasteiger partial charge in [-0.3, -0.25) is 0 Å². The number of nitrogens with zero attached hydrogens (tertiary/aromatic N) is 1. The number of urea groups is 1. The number of methoxy groups -OCH3 is 1. The van der Waals surface area contributed by atoms with Crippen LogP contribution in [0.2, 0.25) is 0 Å². The Morgan fingerprint density at radius 2 is 1.88 bits per heavy atom. The van der Waals surface area contributed by atoms with Gasteiger partial charge >= 0.3 is 6.03 Å². The van der Waals surface area contributed by atoms with Crippen LogP contribution in [0.5, 0.6) is 5.75 Å². The fourth-order valence-electron chi connectivity index (χ4n) is 2.93. The summed E-state index contributed by atoms with van der Waals surface area (Å²) in [5, 5.41) is 16.9. The molecular formula is C20H23N3O3. The highest BCUT2D eigenvalue weighted by molar-refractivity contribution is 5.84. The lowest BCUT2D eigenvalue weighted by Gasteiger charge is -2.12. The van der Waals surface area contributed by atoms with Crippen LogP contribution in [0.3, 0.4) is 0 Å². The Labute approximate surface area is 152 Å². The van der Waals surface area contributed by atoms with Gasteiger partial charge in [0.2, 0.25) is 0 Å². The molecule has 6 heteroatoms. The number of ether oxygens (including phenoxy) is 1. The molecule has 1 unspecified atom stereocenters. The number of aliphatic hydroxyl groups excluding tert-OH is 1. The molecule has 1 aromatic heterocycles. The number of fused-ring (bicyclic) bond motifs is 1. The maximum atomic E-state index is 12.0. The van der Waals surface area contributed by atoms with Crippen LogP contribution in [0.25, 0.3) is 10.9 Å². The van der Waals surface area contributed by atoms with Crippen LogP contribution in [0.1, 0.15) is 17.2 Å². The van der Waals surface area contributed by atoms with Gasteiger partial charge < -0.3 is 25.0 Å². The van der Waals surface area contributed by atoms with E-state index in [4.69, 9.17) is 4.74 Å². The van der Waals surface area contributed by atoms with Gasteiger partial charge in [0.25, 0.3) is 0 Å². The van der Waals surface area contributed by atoms with Gasteiger partial charge in [0.1, 0.15) is 5.75 Å². The maximum absolute atomic E-state index is 12.0.